The molecule has 10 heteroatoms. The third kappa shape index (κ3) is 9.96. The van der Waals surface area contributed by atoms with Gasteiger partial charge in [-0.3, -0.25) is 14.4 Å². The van der Waals surface area contributed by atoms with Crippen molar-refractivity contribution in [1.29, 1.82) is 0 Å². The fourth-order valence-electron chi connectivity index (χ4n) is 3.29. The Morgan fingerprint density at radius 1 is 1.14 bits per heavy atom. The Bertz CT molecular complexity index is 932. The molecule has 0 aliphatic heterocycles. The summed E-state index contributed by atoms with van der Waals surface area (Å²) in [7, 11) is 0. The van der Waals surface area contributed by atoms with Gasteiger partial charge in [0, 0.05) is 18.7 Å². The van der Waals surface area contributed by atoms with E-state index in [0.29, 0.717) is 17.5 Å². The van der Waals surface area contributed by atoms with Crippen LogP contribution >= 0.6 is 0 Å². The standard InChI is InChI=1S/C26H37N3O7/c1-7-16-29(24(33)20(17-30)28-25(34)36-26(4,5)6)22(19-12-10-18(8-2)11-13-19)23(32)27-15-14-21(31)35-9-3/h2,10-13,20,22,30H,7,9,14-17H2,1,3-6H3,(H,27,32)(H,28,34). The third-order valence-electron chi connectivity index (χ3n) is 4.81. The summed E-state index contributed by atoms with van der Waals surface area (Å²) < 4.78 is 10.1. The minimum Gasteiger partial charge on any atom is -0.466 e. The highest BCUT2D eigenvalue weighted by Crippen LogP contribution is 2.23. The highest BCUT2D eigenvalue weighted by molar-refractivity contribution is 5.92. The van der Waals surface area contributed by atoms with Crippen molar-refractivity contribution in [3.8, 4) is 12.3 Å². The lowest BCUT2D eigenvalue weighted by atomic mass is 10.0. The second kappa shape index (κ2) is 14.7. The van der Waals surface area contributed by atoms with E-state index in [0.717, 1.165) is 0 Å². The third-order valence-corrected chi connectivity index (χ3v) is 4.81. The van der Waals surface area contributed by atoms with Gasteiger partial charge in [0.15, 0.2) is 0 Å². The smallest absolute Gasteiger partial charge is 0.408 e. The highest BCUT2D eigenvalue weighted by atomic mass is 16.6. The van der Waals surface area contributed by atoms with Gasteiger partial charge in [-0.1, -0.05) is 25.0 Å². The average molecular weight is 504 g/mol. The zero-order chi connectivity index (χ0) is 27.3. The van der Waals surface area contributed by atoms with Crippen LogP contribution in [0, 0.1) is 12.3 Å². The average Bonchev–Trinajstić information content (AvgIpc) is 2.81. The molecule has 0 aromatic heterocycles. The van der Waals surface area contributed by atoms with Crippen molar-refractivity contribution in [3.05, 3.63) is 35.4 Å². The molecule has 10 nitrogen and oxygen atoms in total. The van der Waals surface area contributed by atoms with E-state index in [2.05, 4.69) is 16.6 Å². The largest absolute Gasteiger partial charge is 0.466 e. The van der Waals surface area contributed by atoms with Gasteiger partial charge in [0.05, 0.1) is 19.6 Å². The van der Waals surface area contributed by atoms with Gasteiger partial charge in [-0.05, 0) is 51.8 Å². The number of alkyl carbamates (subject to hydrolysis) is 1. The molecule has 0 saturated heterocycles. The van der Waals surface area contributed by atoms with Gasteiger partial charge < -0.3 is 30.1 Å². The molecule has 3 N–H and O–H groups in total. The maximum Gasteiger partial charge on any atom is 0.408 e. The lowest BCUT2D eigenvalue weighted by molar-refractivity contribution is -0.144. The molecule has 0 aliphatic rings. The Balaban J connectivity index is 3.26. The number of hydrogen-bond donors (Lipinski definition) is 3. The van der Waals surface area contributed by atoms with Gasteiger partial charge in [0.2, 0.25) is 11.8 Å². The molecule has 2 unspecified atom stereocenters. The van der Waals surface area contributed by atoms with E-state index in [1.54, 1.807) is 52.0 Å². The molecule has 0 saturated carbocycles. The number of terminal acetylenes is 1. The zero-order valence-corrected chi connectivity index (χ0v) is 21.6. The van der Waals surface area contributed by atoms with Crippen LogP contribution in [-0.4, -0.2) is 71.8 Å². The summed E-state index contributed by atoms with van der Waals surface area (Å²) >= 11 is 0. The Morgan fingerprint density at radius 3 is 2.28 bits per heavy atom. The van der Waals surface area contributed by atoms with Crippen LogP contribution in [0.1, 0.15) is 64.6 Å². The topological polar surface area (TPSA) is 134 Å². The molecule has 0 heterocycles. The van der Waals surface area contributed by atoms with Gasteiger partial charge >= 0.3 is 12.1 Å². The fourth-order valence-corrected chi connectivity index (χ4v) is 3.29. The first-order chi connectivity index (χ1) is 17.0. The molecule has 0 bridgehead atoms. The SMILES string of the molecule is C#Cc1ccc(C(C(=O)NCCC(=O)OCC)N(CCC)C(=O)C(CO)NC(=O)OC(C)(C)C)cc1. The molecule has 0 aliphatic carbocycles. The number of rotatable bonds is 12. The molecule has 198 valence electrons. The van der Waals surface area contributed by atoms with Crippen molar-refractivity contribution in [1.82, 2.24) is 15.5 Å². The Labute approximate surface area is 212 Å². The number of benzene rings is 1. The second-order valence-corrected chi connectivity index (χ2v) is 8.93. The predicted molar refractivity (Wildman–Crippen MR) is 134 cm³/mol. The number of esters is 1. The van der Waals surface area contributed by atoms with Gasteiger partial charge in [-0.2, -0.15) is 0 Å². The first kappa shape index (κ1) is 30.5. The van der Waals surface area contributed by atoms with E-state index in [1.165, 1.54) is 4.90 Å². The number of aliphatic hydroxyl groups excluding tert-OH is 1. The summed E-state index contributed by atoms with van der Waals surface area (Å²) in [5.41, 5.74) is 0.253. The summed E-state index contributed by atoms with van der Waals surface area (Å²) in [6.07, 6.45) is 5.02. The second-order valence-electron chi connectivity index (χ2n) is 8.93. The minimum absolute atomic E-state index is 0.00431. The predicted octanol–water partition coefficient (Wildman–Crippen LogP) is 1.90. The number of aliphatic hydroxyl groups is 1. The van der Waals surface area contributed by atoms with Crippen LogP contribution in [-0.2, 0) is 23.9 Å². The quantitative estimate of drug-likeness (QED) is 0.293. The molecule has 0 spiro atoms. The van der Waals surface area contributed by atoms with Gasteiger partial charge in [-0.25, -0.2) is 4.79 Å². The molecular weight excluding hydrogens is 466 g/mol. The van der Waals surface area contributed by atoms with E-state index >= 15 is 0 Å². The molecule has 1 rings (SSSR count). The van der Waals surface area contributed by atoms with E-state index < -0.39 is 48.2 Å². The Morgan fingerprint density at radius 2 is 1.78 bits per heavy atom. The molecule has 0 radical (unpaired) electrons. The van der Waals surface area contributed by atoms with Crippen LogP contribution < -0.4 is 10.6 Å². The molecule has 2 atom stereocenters. The summed E-state index contributed by atoms with van der Waals surface area (Å²) in [6, 6.07) is 4.11. The van der Waals surface area contributed by atoms with Gasteiger partial charge in [-0.15, -0.1) is 6.42 Å². The van der Waals surface area contributed by atoms with Crippen molar-refractivity contribution in [2.24, 2.45) is 0 Å². The lowest BCUT2D eigenvalue weighted by Gasteiger charge is -2.34. The van der Waals surface area contributed by atoms with E-state index in [-0.39, 0.29) is 26.1 Å². The van der Waals surface area contributed by atoms with Crippen LogP contribution in [0.15, 0.2) is 24.3 Å². The number of nitrogens with one attached hydrogen (secondary N) is 2. The highest BCUT2D eigenvalue weighted by Gasteiger charge is 2.35. The number of carbonyl (C=O) groups excluding carboxylic acids is 4. The summed E-state index contributed by atoms with van der Waals surface area (Å²) in [6.45, 7) is 8.19. The molecular formula is C26H37N3O7. The van der Waals surface area contributed by atoms with Crippen molar-refractivity contribution in [2.45, 2.75) is 65.1 Å². The molecule has 1 aromatic carbocycles. The van der Waals surface area contributed by atoms with Gasteiger partial charge in [0.25, 0.3) is 0 Å². The maximum absolute atomic E-state index is 13.5. The summed E-state index contributed by atoms with van der Waals surface area (Å²) in [5.74, 6) is 0.829. The minimum atomic E-state index is -1.34. The maximum atomic E-state index is 13.5. The monoisotopic (exact) mass is 503 g/mol. The van der Waals surface area contributed by atoms with Gasteiger partial charge in [0.1, 0.15) is 17.7 Å². The first-order valence-corrected chi connectivity index (χ1v) is 11.9. The normalized spacial score (nSPS) is 12.5. The van der Waals surface area contributed by atoms with Crippen molar-refractivity contribution >= 4 is 23.9 Å². The number of ether oxygens (including phenoxy) is 2. The van der Waals surface area contributed by atoms with Crippen LogP contribution in [0.3, 0.4) is 0 Å². The number of amides is 3. The van der Waals surface area contributed by atoms with E-state index in [1.807, 2.05) is 6.92 Å². The van der Waals surface area contributed by atoms with Crippen LogP contribution in [0.2, 0.25) is 0 Å². The van der Waals surface area contributed by atoms with E-state index in [4.69, 9.17) is 15.9 Å². The van der Waals surface area contributed by atoms with Crippen molar-refractivity contribution in [3.63, 3.8) is 0 Å². The number of hydrogen-bond acceptors (Lipinski definition) is 7. The van der Waals surface area contributed by atoms with Crippen molar-refractivity contribution in [2.75, 3.05) is 26.3 Å². The molecule has 36 heavy (non-hydrogen) atoms. The van der Waals surface area contributed by atoms with Crippen molar-refractivity contribution < 1.29 is 33.8 Å². The molecule has 0 fully saturated rings. The number of nitrogens with zero attached hydrogens (tertiary/aromatic N) is 1. The number of carbonyl (C=O) groups is 4. The zero-order valence-electron chi connectivity index (χ0n) is 21.6. The Hall–Kier alpha value is -3.58. The Kier molecular flexibility index (Phi) is 12.5. The van der Waals surface area contributed by atoms with Crippen LogP contribution in [0.5, 0.6) is 0 Å². The molecule has 3 amide bonds. The first-order valence-electron chi connectivity index (χ1n) is 11.9. The molecule has 1 aromatic rings. The lowest BCUT2D eigenvalue weighted by Crippen LogP contribution is -2.54. The van der Waals surface area contributed by atoms with E-state index in [9.17, 15) is 24.3 Å². The summed E-state index contributed by atoms with van der Waals surface area (Å²) in [5, 5.41) is 14.9. The van der Waals surface area contributed by atoms with Crippen LogP contribution in [0.4, 0.5) is 4.79 Å². The fraction of sp³-hybridized carbons (Fsp3) is 0.538. The summed E-state index contributed by atoms with van der Waals surface area (Å²) in [4.78, 5) is 52.0. The van der Waals surface area contributed by atoms with Crippen LogP contribution in [0.25, 0.3) is 0 Å².